The van der Waals surface area contributed by atoms with E-state index >= 15 is 0 Å². The molecule has 2 unspecified atom stereocenters. The van der Waals surface area contributed by atoms with Crippen LogP contribution in [0.4, 0.5) is 0 Å². The summed E-state index contributed by atoms with van der Waals surface area (Å²) in [6.07, 6.45) is 3.54. The van der Waals surface area contributed by atoms with E-state index in [0.717, 1.165) is 25.1 Å². The van der Waals surface area contributed by atoms with Gasteiger partial charge in [0.15, 0.2) is 0 Å². The maximum Gasteiger partial charge on any atom is 0.119 e. The van der Waals surface area contributed by atoms with E-state index in [1.165, 1.54) is 17.5 Å². The Hall–Kier alpha value is -1.80. The predicted molar refractivity (Wildman–Crippen MR) is 86.7 cm³/mol. The molecule has 110 valence electrons. The molecule has 2 atom stereocenters. The van der Waals surface area contributed by atoms with Crippen molar-refractivity contribution >= 4 is 0 Å². The van der Waals surface area contributed by atoms with Crippen molar-refractivity contribution in [2.24, 2.45) is 0 Å². The molecule has 1 aliphatic heterocycles. The molecule has 0 spiro atoms. The van der Waals surface area contributed by atoms with Crippen LogP contribution in [0.1, 0.15) is 36.9 Å². The Bertz CT molecular complexity index is 550. The van der Waals surface area contributed by atoms with Gasteiger partial charge >= 0.3 is 0 Å². The summed E-state index contributed by atoms with van der Waals surface area (Å²) in [4.78, 5) is 0. The first-order chi connectivity index (χ1) is 10.4. The Balaban J connectivity index is 1.75. The normalized spacial score (nSPS) is 22.0. The standard InChI is InChI=1S/C19H23NO/c1-2-15-10-12-17(13-11-15)21-18-9-6-14-20-19(18)16-7-4-3-5-8-16/h3-5,7-8,10-13,18-20H,2,6,9,14H2,1H3. The SMILES string of the molecule is CCc1ccc(OC2CCCNC2c2ccccc2)cc1. The van der Waals surface area contributed by atoms with E-state index in [4.69, 9.17) is 4.74 Å². The Morgan fingerprint density at radius 1 is 1.05 bits per heavy atom. The number of piperidine rings is 1. The summed E-state index contributed by atoms with van der Waals surface area (Å²) in [6.45, 7) is 3.24. The van der Waals surface area contributed by atoms with Crippen molar-refractivity contribution in [1.29, 1.82) is 0 Å². The van der Waals surface area contributed by atoms with Gasteiger partial charge < -0.3 is 10.1 Å². The van der Waals surface area contributed by atoms with Crippen molar-refractivity contribution in [1.82, 2.24) is 5.32 Å². The van der Waals surface area contributed by atoms with Gasteiger partial charge in [0.25, 0.3) is 0 Å². The molecular weight excluding hydrogens is 258 g/mol. The Morgan fingerprint density at radius 3 is 2.52 bits per heavy atom. The van der Waals surface area contributed by atoms with E-state index in [9.17, 15) is 0 Å². The van der Waals surface area contributed by atoms with Gasteiger partial charge in [-0.05, 0) is 49.1 Å². The lowest BCUT2D eigenvalue weighted by atomic mass is 9.94. The largest absolute Gasteiger partial charge is 0.488 e. The molecule has 2 aromatic rings. The van der Waals surface area contributed by atoms with Gasteiger partial charge in [-0.1, -0.05) is 49.4 Å². The molecule has 21 heavy (non-hydrogen) atoms. The van der Waals surface area contributed by atoms with Crippen LogP contribution in [0, 0.1) is 0 Å². The van der Waals surface area contributed by atoms with Crippen molar-refractivity contribution in [2.45, 2.75) is 38.3 Å². The zero-order valence-corrected chi connectivity index (χ0v) is 12.6. The summed E-state index contributed by atoms with van der Waals surface area (Å²) in [6, 6.07) is 19.4. The Morgan fingerprint density at radius 2 is 1.81 bits per heavy atom. The molecule has 0 bridgehead atoms. The average Bonchev–Trinajstić information content (AvgIpc) is 2.57. The van der Waals surface area contributed by atoms with E-state index < -0.39 is 0 Å². The number of ether oxygens (including phenoxy) is 1. The molecule has 1 saturated heterocycles. The molecule has 2 nitrogen and oxygen atoms in total. The molecule has 0 aliphatic carbocycles. The third-order valence-corrected chi connectivity index (χ3v) is 4.18. The van der Waals surface area contributed by atoms with E-state index in [-0.39, 0.29) is 12.1 Å². The molecule has 0 saturated carbocycles. The highest BCUT2D eigenvalue weighted by Gasteiger charge is 2.27. The highest BCUT2D eigenvalue weighted by atomic mass is 16.5. The van der Waals surface area contributed by atoms with Gasteiger partial charge in [-0.3, -0.25) is 0 Å². The first-order valence-corrected chi connectivity index (χ1v) is 7.91. The van der Waals surface area contributed by atoms with Gasteiger partial charge in [0.1, 0.15) is 11.9 Å². The van der Waals surface area contributed by atoms with E-state index in [1.807, 2.05) is 0 Å². The van der Waals surface area contributed by atoms with Crippen LogP contribution in [-0.4, -0.2) is 12.6 Å². The van der Waals surface area contributed by atoms with Crippen LogP contribution in [0.3, 0.4) is 0 Å². The lowest BCUT2D eigenvalue weighted by Crippen LogP contribution is -2.40. The smallest absolute Gasteiger partial charge is 0.119 e. The monoisotopic (exact) mass is 281 g/mol. The molecule has 0 radical (unpaired) electrons. The quantitative estimate of drug-likeness (QED) is 0.910. The first kappa shape index (κ1) is 14.2. The number of rotatable bonds is 4. The van der Waals surface area contributed by atoms with Crippen LogP contribution in [0.2, 0.25) is 0 Å². The number of aryl methyl sites for hydroxylation is 1. The van der Waals surface area contributed by atoms with Crippen LogP contribution in [0.15, 0.2) is 54.6 Å². The highest BCUT2D eigenvalue weighted by molar-refractivity contribution is 5.28. The molecule has 2 heteroatoms. The van der Waals surface area contributed by atoms with Gasteiger partial charge in [0, 0.05) is 0 Å². The molecule has 1 aliphatic rings. The van der Waals surface area contributed by atoms with Crippen molar-refractivity contribution in [2.75, 3.05) is 6.54 Å². The number of hydrogen-bond acceptors (Lipinski definition) is 2. The third-order valence-electron chi connectivity index (χ3n) is 4.18. The second kappa shape index (κ2) is 6.77. The fourth-order valence-electron chi connectivity index (χ4n) is 2.96. The Kier molecular flexibility index (Phi) is 4.56. The number of hydrogen-bond donors (Lipinski definition) is 1. The topological polar surface area (TPSA) is 21.3 Å². The fourth-order valence-corrected chi connectivity index (χ4v) is 2.96. The lowest BCUT2D eigenvalue weighted by molar-refractivity contribution is 0.120. The van der Waals surface area contributed by atoms with Gasteiger partial charge in [-0.2, -0.15) is 0 Å². The second-order valence-electron chi connectivity index (χ2n) is 5.64. The first-order valence-electron chi connectivity index (χ1n) is 7.91. The van der Waals surface area contributed by atoms with Crippen LogP contribution in [0.5, 0.6) is 5.75 Å². The molecule has 1 N–H and O–H groups in total. The van der Waals surface area contributed by atoms with E-state index in [0.29, 0.717) is 0 Å². The second-order valence-corrected chi connectivity index (χ2v) is 5.64. The number of nitrogens with one attached hydrogen (secondary N) is 1. The van der Waals surface area contributed by atoms with E-state index in [1.54, 1.807) is 0 Å². The van der Waals surface area contributed by atoms with Crippen LogP contribution < -0.4 is 10.1 Å². The van der Waals surface area contributed by atoms with Crippen LogP contribution in [0.25, 0.3) is 0 Å². The lowest BCUT2D eigenvalue weighted by Gasteiger charge is -2.33. The summed E-state index contributed by atoms with van der Waals surface area (Å²) >= 11 is 0. The zero-order chi connectivity index (χ0) is 14.5. The zero-order valence-electron chi connectivity index (χ0n) is 12.6. The van der Waals surface area contributed by atoms with Crippen molar-refractivity contribution in [3.63, 3.8) is 0 Å². The minimum Gasteiger partial charge on any atom is -0.488 e. The summed E-state index contributed by atoms with van der Waals surface area (Å²) in [5.74, 6) is 0.974. The van der Waals surface area contributed by atoms with Gasteiger partial charge in [0.05, 0.1) is 6.04 Å². The molecule has 3 rings (SSSR count). The summed E-state index contributed by atoms with van der Waals surface area (Å²) < 4.78 is 6.26. The minimum absolute atomic E-state index is 0.202. The fraction of sp³-hybridized carbons (Fsp3) is 0.368. The maximum atomic E-state index is 6.26. The van der Waals surface area contributed by atoms with Crippen LogP contribution in [-0.2, 0) is 6.42 Å². The summed E-state index contributed by atoms with van der Waals surface area (Å²) in [7, 11) is 0. The molecular formula is C19H23NO. The predicted octanol–water partition coefficient (Wildman–Crippen LogP) is 4.12. The van der Waals surface area contributed by atoms with E-state index in [2.05, 4.69) is 66.8 Å². The van der Waals surface area contributed by atoms with Gasteiger partial charge in [0.2, 0.25) is 0 Å². The van der Waals surface area contributed by atoms with Crippen molar-refractivity contribution in [3.8, 4) is 5.75 Å². The van der Waals surface area contributed by atoms with Crippen molar-refractivity contribution in [3.05, 3.63) is 65.7 Å². The molecule has 2 aromatic carbocycles. The Labute approximate surface area is 127 Å². The molecule has 0 amide bonds. The summed E-state index contributed by atoms with van der Waals surface area (Å²) in [5, 5.41) is 3.60. The van der Waals surface area contributed by atoms with Crippen LogP contribution >= 0.6 is 0 Å². The number of benzene rings is 2. The average molecular weight is 281 g/mol. The molecule has 1 heterocycles. The maximum absolute atomic E-state index is 6.26. The van der Waals surface area contributed by atoms with Crippen molar-refractivity contribution < 1.29 is 4.74 Å². The van der Waals surface area contributed by atoms with Gasteiger partial charge in [-0.25, -0.2) is 0 Å². The minimum atomic E-state index is 0.202. The summed E-state index contributed by atoms with van der Waals surface area (Å²) in [5.41, 5.74) is 2.66. The highest BCUT2D eigenvalue weighted by Crippen LogP contribution is 2.28. The van der Waals surface area contributed by atoms with Gasteiger partial charge in [-0.15, -0.1) is 0 Å². The third kappa shape index (κ3) is 3.45. The molecule has 1 fully saturated rings. The molecule has 0 aromatic heterocycles.